The first-order chi connectivity index (χ1) is 13.4. The predicted molar refractivity (Wildman–Crippen MR) is 110 cm³/mol. The fourth-order valence-electron chi connectivity index (χ4n) is 3.12. The summed E-state index contributed by atoms with van der Waals surface area (Å²) in [7, 11) is -1.24. The Morgan fingerprint density at radius 2 is 1.86 bits per heavy atom. The molecular formula is C17H22N8O2S. The van der Waals surface area contributed by atoms with Gasteiger partial charge >= 0.3 is 0 Å². The first-order valence-corrected chi connectivity index (χ1v) is 10.8. The molecule has 10 nitrogen and oxygen atoms in total. The highest BCUT2D eigenvalue weighted by atomic mass is 32.2. The number of piperazine rings is 1. The van der Waals surface area contributed by atoms with Crippen LogP contribution in [0.2, 0.25) is 0 Å². The second-order valence-corrected chi connectivity index (χ2v) is 8.59. The Labute approximate surface area is 163 Å². The van der Waals surface area contributed by atoms with Gasteiger partial charge in [-0.3, -0.25) is 4.72 Å². The van der Waals surface area contributed by atoms with Crippen LogP contribution < -0.4 is 14.9 Å². The number of anilines is 4. The lowest BCUT2D eigenvalue weighted by atomic mass is 10.3. The van der Waals surface area contributed by atoms with Crippen molar-refractivity contribution in [2.45, 2.75) is 0 Å². The van der Waals surface area contributed by atoms with Crippen molar-refractivity contribution in [2.24, 2.45) is 0 Å². The van der Waals surface area contributed by atoms with Gasteiger partial charge in [0.15, 0.2) is 11.5 Å². The number of nitrogens with zero attached hydrogens (tertiary/aromatic N) is 5. The number of likely N-dealkylation sites (N-methyl/N-ethyl adjacent to an activating group) is 1. The molecule has 3 aromatic rings. The number of rotatable bonds is 5. The van der Waals surface area contributed by atoms with Crippen molar-refractivity contribution in [3.8, 4) is 0 Å². The van der Waals surface area contributed by atoms with E-state index in [1.807, 2.05) is 6.07 Å². The summed E-state index contributed by atoms with van der Waals surface area (Å²) in [5, 5.41) is 3.15. The van der Waals surface area contributed by atoms with Gasteiger partial charge < -0.3 is 20.1 Å². The van der Waals surface area contributed by atoms with E-state index in [0.29, 0.717) is 23.0 Å². The Kier molecular flexibility index (Phi) is 4.77. The van der Waals surface area contributed by atoms with E-state index in [0.717, 1.165) is 43.8 Å². The highest BCUT2D eigenvalue weighted by Crippen LogP contribution is 2.26. The first kappa shape index (κ1) is 18.4. The molecule has 0 amide bonds. The molecule has 0 atom stereocenters. The van der Waals surface area contributed by atoms with Crippen LogP contribution in [0, 0.1) is 0 Å². The van der Waals surface area contributed by atoms with E-state index >= 15 is 0 Å². The minimum Gasteiger partial charge on any atom is -0.352 e. The smallest absolute Gasteiger partial charge is 0.231 e. The summed E-state index contributed by atoms with van der Waals surface area (Å²) in [6.07, 6.45) is 2.73. The molecule has 4 rings (SSSR count). The minimum atomic E-state index is -3.35. The van der Waals surface area contributed by atoms with Crippen molar-refractivity contribution >= 4 is 44.3 Å². The molecule has 0 aliphatic carbocycles. The van der Waals surface area contributed by atoms with Gasteiger partial charge in [-0.05, 0) is 25.2 Å². The topological polar surface area (TPSA) is 119 Å². The molecule has 28 heavy (non-hydrogen) atoms. The van der Waals surface area contributed by atoms with E-state index < -0.39 is 10.0 Å². The highest BCUT2D eigenvalue weighted by molar-refractivity contribution is 7.92. The van der Waals surface area contributed by atoms with Gasteiger partial charge in [-0.25, -0.2) is 13.4 Å². The Morgan fingerprint density at radius 1 is 1.11 bits per heavy atom. The third-order valence-electron chi connectivity index (χ3n) is 4.49. The zero-order valence-corrected chi connectivity index (χ0v) is 16.5. The van der Waals surface area contributed by atoms with Crippen molar-refractivity contribution in [1.82, 2.24) is 24.8 Å². The summed E-state index contributed by atoms with van der Waals surface area (Å²) >= 11 is 0. The summed E-state index contributed by atoms with van der Waals surface area (Å²) in [5.41, 5.74) is 2.53. The normalized spacial score (nSPS) is 15.7. The molecule has 11 heteroatoms. The average Bonchev–Trinajstić information content (AvgIpc) is 3.09. The van der Waals surface area contributed by atoms with Gasteiger partial charge in [0.05, 0.1) is 18.3 Å². The number of sulfonamides is 1. The number of hydrogen-bond donors (Lipinski definition) is 3. The van der Waals surface area contributed by atoms with Crippen LogP contribution in [0.4, 0.5) is 23.1 Å². The summed E-state index contributed by atoms with van der Waals surface area (Å²) in [6, 6.07) is 6.94. The first-order valence-electron chi connectivity index (χ1n) is 8.87. The second-order valence-electron chi connectivity index (χ2n) is 6.84. The SMILES string of the molecule is CN1CCN(c2nc(Nc3cccc(NS(C)(=O)=O)c3)nc3nc[nH]c23)CC1. The Balaban J connectivity index is 1.64. The zero-order chi connectivity index (χ0) is 19.7. The number of fused-ring (bicyclic) bond motifs is 1. The van der Waals surface area contributed by atoms with Gasteiger partial charge in [0.2, 0.25) is 16.0 Å². The molecule has 148 valence electrons. The van der Waals surface area contributed by atoms with E-state index in [1.165, 1.54) is 0 Å². The third-order valence-corrected chi connectivity index (χ3v) is 5.10. The van der Waals surface area contributed by atoms with E-state index in [4.69, 9.17) is 4.98 Å². The number of aromatic nitrogens is 4. The van der Waals surface area contributed by atoms with Crippen LogP contribution in [0.1, 0.15) is 0 Å². The molecule has 0 saturated carbocycles. The fraction of sp³-hybridized carbons (Fsp3) is 0.353. The molecule has 0 spiro atoms. The van der Waals surface area contributed by atoms with Crippen molar-refractivity contribution in [3.63, 3.8) is 0 Å². The molecule has 0 unspecified atom stereocenters. The standard InChI is InChI=1S/C17H22N8O2S/c1-24-6-8-25(9-7-24)16-14-15(19-11-18-14)21-17(22-16)20-12-4-3-5-13(10-12)23-28(2,26)27/h3-5,10-11,23H,6-9H2,1-2H3,(H2,18,19,20,21,22). The molecule has 1 saturated heterocycles. The molecule has 0 bridgehead atoms. The number of benzene rings is 1. The van der Waals surface area contributed by atoms with Crippen LogP contribution in [-0.2, 0) is 10.0 Å². The van der Waals surface area contributed by atoms with Crippen LogP contribution in [0.3, 0.4) is 0 Å². The van der Waals surface area contributed by atoms with Gasteiger partial charge in [-0.2, -0.15) is 9.97 Å². The number of H-pyrrole nitrogens is 1. The zero-order valence-electron chi connectivity index (χ0n) is 15.7. The number of hydrogen-bond acceptors (Lipinski definition) is 8. The fourth-order valence-corrected chi connectivity index (χ4v) is 3.68. The maximum absolute atomic E-state index is 11.5. The molecule has 1 aromatic carbocycles. The lowest BCUT2D eigenvalue weighted by molar-refractivity contribution is 0.312. The van der Waals surface area contributed by atoms with E-state index in [1.54, 1.807) is 24.5 Å². The molecule has 3 heterocycles. The van der Waals surface area contributed by atoms with Crippen LogP contribution in [-0.4, -0.2) is 72.7 Å². The van der Waals surface area contributed by atoms with Gasteiger partial charge in [0.25, 0.3) is 0 Å². The minimum absolute atomic E-state index is 0.407. The molecule has 1 aliphatic heterocycles. The van der Waals surface area contributed by atoms with Gasteiger partial charge in [0.1, 0.15) is 5.52 Å². The number of nitrogens with one attached hydrogen (secondary N) is 3. The van der Waals surface area contributed by atoms with Crippen LogP contribution >= 0.6 is 0 Å². The monoisotopic (exact) mass is 402 g/mol. The van der Waals surface area contributed by atoms with Crippen molar-refractivity contribution in [1.29, 1.82) is 0 Å². The Hall–Kier alpha value is -2.92. The van der Waals surface area contributed by atoms with Gasteiger partial charge in [0, 0.05) is 31.9 Å². The average molecular weight is 402 g/mol. The number of aromatic amines is 1. The third kappa shape index (κ3) is 4.15. The van der Waals surface area contributed by atoms with Gasteiger partial charge in [-0.15, -0.1) is 0 Å². The Morgan fingerprint density at radius 3 is 2.61 bits per heavy atom. The van der Waals surface area contributed by atoms with Crippen LogP contribution in [0.5, 0.6) is 0 Å². The Bertz CT molecular complexity index is 1090. The lowest BCUT2D eigenvalue weighted by Crippen LogP contribution is -2.45. The van der Waals surface area contributed by atoms with Crippen LogP contribution in [0.25, 0.3) is 11.2 Å². The lowest BCUT2D eigenvalue weighted by Gasteiger charge is -2.33. The van der Waals surface area contributed by atoms with Crippen LogP contribution in [0.15, 0.2) is 30.6 Å². The largest absolute Gasteiger partial charge is 0.352 e. The summed E-state index contributed by atoms with van der Waals surface area (Å²) in [4.78, 5) is 21.1. The molecule has 2 aromatic heterocycles. The molecule has 0 radical (unpaired) electrons. The summed E-state index contributed by atoms with van der Waals surface area (Å²) in [6.45, 7) is 3.66. The summed E-state index contributed by atoms with van der Waals surface area (Å²) < 4.78 is 25.4. The maximum atomic E-state index is 11.5. The molecule has 3 N–H and O–H groups in total. The quantitative estimate of drug-likeness (QED) is 0.583. The summed E-state index contributed by atoms with van der Waals surface area (Å²) in [5.74, 6) is 1.22. The van der Waals surface area contributed by atoms with E-state index in [-0.39, 0.29) is 0 Å². The van der Waals surface area contributed by atoms with Gasteiger partial charge in [-0.1, -0.05) is 6.07 Å². The molecule has 1 aliphatic rings. The number of imidazole rings is 1. The van der Waals surface area contributed by atoms with Crippen molar-refractivity contribution < 1.29 is 8.42 Å². The highest BCUT2D eigenvalue weighted by Gasteiger charge is 2.20. The molecular weight excluding hydrogens is 380 g/mol. The van der Waals surface area contributed by atoms with Crippen molar-refractivity contribution in [2.75, 3.05) is 54.4 Å². The second kappa shape index (κ2) is 7.24. The predicted octanol–water partition coefficient (Wildman–Crippen LogP) is 1.22. The maximum Gasteiger partial charge on any atom is 0.231 e. The van der Waals surface area contributed by atoms with Crippen molar-refractivity contribution in [3.05, 3.63) is 30.6 Å². The van der Waals surface area contributed by atoms with E-state index in [2.05, 4.69) is 41.8 Å². The van der Waals surface area contributed by atoms with E-state index in [9.17, 15) is 8.42 Å². The molecule has 1 fully saturated rings.